The lowest BCUT2D eigenvalue weighted by atomic mass is 9.82. The van der Waals surface area contributed by atoms with Crippen LogP contribution in [0.15, 0.2) is 18.2 Å². The van der Waals surface area contributed by atoms with Crippen molar-refractivity contribution in [3.05, 3.63) is 33.3 Å². The van der Waals surface area contributed by atoms with Crippen LogP contribution in [-0.4, -0.2) is 35.0 Å². The molecule has 1 aromatic carbocycles. The van der Waals surface area contributed by atoms with Gasteiger partial charge in [-0.05, 0) is 44.9 Å². The van der Waals surface area contributed by atoms with Gasteiger partial charge in [-0.15, -0.1) is 0 Å². The van der Waals surface area contributed by atoms with Crippen molar-refractivity contribution in [3.8, 4) is 0 Å². The van der Waals surface area contributed by atoms with Gasteiger partial charge in [0.1, 0.15) is 5.69 Å². The molecule has 1 N–H and O–H groups in total. The SMILES string of the molecule is CN1C2CCCC1CC(Nc1cc(Cl)ccc1[N+](=O)[O-])C2. The summed E-state index contributed by atoms with van der Waals surface area (Å²) in [5, 5.41) is 15.0. The van der Waals surface area contributed by atoms with Crippen LogP contribution in [0, 0.1) is 10.1 Å². The van der Waals surface area contributed by atoms with E-state index in [0.29, 0.717) is 22.8 Å². The van der Waals surface area contributed by atoms with Gasteiger partial charge in [0.2, 0.25) is 0 Å². The quantitative estimate of drug-likeness (QED) is 0.683. The van der Waals surface area contributed by atoms with Gasteiger partial charge in [0, 0.05) is 29.2 Å². The fourth-order valence-electron chi connectivity index (χ4n) is 3.74. The summed E-state index contributed by atoms with van der Waals surface area (Å²) in [5.74, 6) is 0. The molecule has 2 heterocycles. The van der Waals surface area contributed by atoms with Gasteiger partial charge in [0.25, 0.3) is 5.69 Å². The van der Waals surface area contributed by atoms with Crippen LogP contribution in [0.3, 0.4) is 0 Å². The van der Waals surface area contributed by atoms with Gasteiger partial charge in [-0.25, -0.2) is 0 Å². The second-order valence-electron chi connectivity index (χ2n) is 6.14. The smallest absolute Gasteiger partial charge is 0.292 e. The third-order valence-corrected chi connectivity index (χ3v) is 5.09. The van der Waals surface area contributed by atoms with Crippen LogP contribution in [0.4, 0.5) is 11.4 Å². The Morgan fingerprint density at radius 2 is 2.00 bits per heavy atom. The fraction of sp³-hybridized carbons (Fsp3) is 0.600. The molecule has 21 heavy (non-hydrogen) atoms. The molecule has 0 saturated carbocycles. The molecule has 0 aromatic heterocycles. The number of nitrogens with one attached hydrogen (secondary N) is 1. The highest BCUT2D eigenvalue weighted by Crippen LogP contribution is 2.36. The van der Waals surface area contributed by atoms with Crippen LogP contribution < -0.4 is 5.32 Å². The molecule has 2 bridgehead atoms. The molecule has 2 aliphatic heterocycles. The third-order valence-electron chi connectivity index (χ3n) is 4.85. The maximum atomic E-state index is 11.1. The summed E-state index contributed by atoms with van der Waals surface area (Å²) in [5.41, 5.74) is 0.642. The molecule has 6 heteroatoms. The Labute approximate surface area is 129 Å². The van der Waals surface area contributed by atoms with Crippen LogP contribution in [0.2, 0.25) is 5.02 Å². The van der Waals surface area contributed by atoms with Gasteiger partial charge in [-0.3, -0.25) is 10.1 Å². The first-order valence-electron chi connectivity index (χ1n) is 7.47. The molecule has 2 unspecified atom stereocenters. The van der Waals surface area contributed by atoms with Crippen molar-refractivity contribution in [1.82, 2.24) is 4.90 Å². The monoisotopic (exact) mass is 309 g/mol. The first-order chi connectivity index (χ1) is 10.0. The molecular weight excluding hydrogens is 290 g/mol. The zero-order valence-corrected chi connectivity index (χ0v) is 12.8. The Hall–Kier alpha value is -1.33. The second kappa shape index (κ2) is 5.81. The zero-order chi connectivity index (χ0) is 15.0. The summed E-state index contributed by atoms with van der Waals surface area (Å²) in [4.78, 5) is 13.3. The molecule has 0 amide bonds. The molecular formula is C15H20ClN3O2. The molecule has 2 aliphatic rings. The van der Waals surface area contributed by atoms with Crippen molar-refractivity contribution in [3.63, 3.8) is 0 Å². The normalized spacial score (nSPS) is 29.1. The van der Waals surface area contributed by atoms with Gasteiger partial charge in [0.05, 0.1) is 4.92 Å². The van der Waals surface area contributed by atoms with E-state index in [1.54, 1.807) is 12.1 Å². The number of nitrogens with zero attached hydrogens (tertiary/aromatic N) is 2. The van der Waals surface area contributed by atoms with Gasteiger partial charge in [0.15, 0.2) is 0 Å². The maximum absolute atomic E-state index is 11.1. The molecule has 3 rings (SSSR count). The summed E-state index contributed by atoms with van der Waals surface area (Å²) in [6.45, 7) is 0. The number of anilines is 1. The molecule has 0 radical (unpaired) electrons. The Morgan fingerprint density at radius 3 is 2.62 bits per heavy atom. The number of halogens is 1. The molecule has 2 atom stereocenters. The van der Waals surface area contributed by atoms with Gasteiger partial charge in [-0.1, -0.05) is 18.0 Å². The Morgan fingerprint density at radius 1 is 1.33 bits per heavy atom. The van der Waals surface area contributed by atoms with Crippen molar-refractivity contribution in [2.45, 2.75) is 50.2 Å². The summed E-state index contributed by atoms with van der Waals surface area (Å²) in [7, 11) is 2.20. The van der Waals surface area contributed by atoms with Crippen molar-refractivity contribution in [2.75, 3.05) is 12.4 Å². The predicted molar refractivity (Wildman–Crippen MR) is 83.9 cm³/mol. The highest BCUT2D eigenvalue weighted by molar-refractivity contribution is 6.31. The predicted octanol–water partition coefficient (Wildman–Crippen LogP) is 3.68. The number of hydrogen-bond donors (Lipinski definition) is 1. The van der Waals surface area contributed by atoms with E-state index in [1.165, 1.54) is 25.3 Å². The Bertz CT molecular complexity index is 538. The number of nitro benzene ring substituents is 1. The first kappa shape index (κ1) is 14.6. The highest BCUT2D eigenvalue weighted by atomic mass is 35.5. The summed E-state index contributed by atoms with van der Waals surface area (Å²) >= 11 is 5.99. The van der Waals surface area contributed by atoms with E-state index in [9.17, 15) is 10.1 Å². The first-order valence-corrected chi connectivity index (χ1v) is 7.85. The van der Waals surface area contributed by atoms with E-state index >= 15 is 0 Å². The Kier molecular flexibility index (Phi) is 4.04. The van der Waals surface area contributed by atoms with Gasteiger partial charge >= 0.3 is 0 Å². The zero-order valence-electron chi connectivity index (χ0n) is 12.1. The van der Waals surface area contributed by atoms with E-state index in [-0.39, 0.29) is 16.7 Å². The molecule has 2 saturated heterocycles. The van der Waals surface area contributed by atoms with Crippen LogP contribution in [0.1, 0.15) is 32.1 Å². The van der Waals surface area contributed by atoms with Gasteiger partial charge in [-0.2, -0.15) is 0 Å². The fourth-order valence-corrected chi connectivity index (χ4v) is 3.91. The Balaban J connectivity index is 1.78. The van der Waals surface area contributed by atoms with Crippen LogP contribution in [0.25, 0.3) is 0 Å². The maximum Gasteiger partial charge on any atom is 0.292 e. The lowest BCUT2D eigenvalue weighted by Crippen LogP contribution is -2.52. The molecule has 0 spiro atoms. The molecule has 1 aromatic rings. The van der Waals surface area contributed by atoms with Crippen molar-refractivity contribution in [1.29, 1.82) is 0 Å². The van der Waals surface area contributed by atoms with E-state index in [2.05, 4.69) is 17.3 Å². The molecule has 5 nitrogen and oxygen atoms in total. The minimum atomic E-state index is -0.353. The van der Waals surface area contributed by atoms with Crippen molar-refractivity contribution in [2.24, 2.45) is 0 Å². The topological polar surface area (TPSA) is 58.4 Å². The standard InChI is InChI=1S/C15H20ClN3O2/c1-18-12-3-2-4-13(18)9-11(8-12)17-14-7-10(16)5-6-15(14)19(20)21/h5-7,11-13,17H,2-4,8-9H2,1H3. The highest BCUT2D eigenvalue weighted by Gasteiger charge is 2.36. The van der Waals surface area contributed by atoms with Gasteiger partial charge < -0.3 is 10.2 Å². The molecule has 2 fully saturated rings. The van der Waals surface area contributed by atoms with Crippen LogP contribution in [0.5, 0.6) is 0 Å². The minimum Gasteiger partial charge on any atom is -0.377 e. The van der Waals surface area contributed by atoms with Crippen LogP contribution >= 0.6 is 11.6 Å². The largest absolute Gasteiger partial charge is 0.377 e. The van der Waals surface area contributed by atoms with E-state index in [0.717, 1.165) is 12.8 Å². The van der Waals surface area contributed by atoms with Crippen molar-refractivity contribution >= 4 is 23.0 Å². The second-order valence-corrected chi connectivity index (χ2v) is 6.57. The average Bonchev–Trinajstić information content (AvgIpc) is 2.39. The molecule has 114 valence electrons. The summed E-state index contributed by atoms with van der Waals surface area (Å²) in [6, 6.07) is 6.16. The number of fused-ring (bicyclic) bond motifs is 2. The third kappa shape index (κ3) is 2.99. The average molecular weight is 310 g/mol. The number of piperidine rings is 2. The lowest BCUT2D eigenvalue weighted by Gasteiger charge is -2.47. The minimum absolute atomic E-state index is 0.100. The summed E-state index contributed by atoms with van der Waals surface area (Å²) < 4.78 is 0. The van der Waals surface area contributed by atoms with E-state index in [4.69, 9.17) is 11.6 Å². The number of hydrogen-bond acceptors (Lipinski definition) is 4. The summed E-state index contributed by atoms with van der Waals surface area (Å²) in [6.07, 6.45) is 5.82. The number of rotatable bonds is 3. The number of benzene rings is 1. The molecule has 0 aliphatic carbocycles. The lowest BCUT2D eigenvalue weighted by molar-refractivity contribution is -0.384. The van der Waals surface area contributed by atoms with E-state index < -0.39 is 0 Å². The number of nitro groups is 1. The van der Waals surface area contributed by atoms with Crippen molar-refractivity contribution < 1.29 is 4.92 Å². The van der Waals surface area contributed by atoms with E-state index in [1.807, 2.05) is 0 Å². The van der Waals surface area contributed by atoms with Crippen LogP contribution in [-0.2, 0) is 0 Å².